The largest absolute Gasteiger partial charge is 0.270 e. The first kappa shape index (κ1) is 20.4. The van der Waals surface area contributed by atoms with E-state index in [0.29, 0.717) is 27.4 Å². The van der Waals surface area contributed by atoms with Crippen LogP contribution in [0.15, 0.2) is 82.8 Å². The van der Waals surface area contributed by atoms with Gasteiger partial charge in [-0.2, -0.15) is 0 Å². The van der Waals surface area contributed by atoms with Crippen molar-refractivity contribution in [3.63, 3.8) is 0 Å². The van der Waals surface area contributed by atoms with Gasteiger partial charge in [-0.15, -0.1) is 0 Å². The van der Waals surface area contributed by atoms with Gasteiger partial charge in [0, 0.05) is 22.9 Å². The van der Waals surface area contributed by atoms with Crippen LogP contribution in [0, 0.1) is 10.1 Å². The highest BCUT2D eigenvalue weighted by Crippen LogP contribution is 2.31. The second-order valence-corrected chi connectivity index (χ2v) is 9.49. The minimum absolute atomic E-state index is 0.0182. The van der Waals surface area contributed by atoms with Gasteiger partial charge in [0.25, 0.3) is 15.7 Å². The highest BCUT2D eigenvalue weighted by atomic mass is 35.5. The first-order valence-electron chi connectivity index (χ1n) is 8.71. The fourth-order valence-corrected chi connectivity index (χ4v) is 5.71. The summed E-state index contributed by atoms with van der Waals surface area (Å²) in [4.78, 5) is 15.1. The van der Waals surface area contributed by atoms with Crippen LogP contribution in [0.5, 0.6) is 0 Å². The maximum absolute atomic E-state index is 13.4. The first-order valence-corrected chi connectivity index (χ1v) is 11.5. The van der Waals surface area contributed by atoms with Crippen LogP contribution < -0.4 is 0 Å². The van der Waals surface area contributed by atoms with E-state index in [2.05, 4.69) is 4.98 Å². The molecular weight excluding hydrogens is 446 g/mol. The summed E-state index contributed by atoms with van der Waals surface area (Å²) >= 11 is 7.09. The number of hydrogen-bond acceptors (Lipinski definition) is 6. The van der Waals surface area contributed by atoms with Crippen LogP contribution in [0.25, 0.3) is 11.0 Å². The molecule has 1 heterocycles. The molecule has 0 N–H and O–H groups in total. The van der Waals surface area contributed by atoms with Gasteiger partial charge in [-0.1, -0.05) is 47.6 Å². The zero-order valence-electron chi connectivity index (χ0n) is 15.3. The topological polar surface area (TPSA) is 95.1 Å². The fourth-order valence-electron chi connectivity index (χ4n) is 2.92. The molecule has 0 aliphatic rings. The summed E-state index contributed by atoms with van der Waals surface area (Å²) in [7, 11) is -3.93. The average Bonchev–Trinajstić information content (AvgIpc) is 3.12. The molecule has 4 rings (SSSR count). The van der Waals surface area contributed by atoms with E-state index in [-0.39, 0.29) is 15.7 Å². The van der Waals surface area contributed by atoms with Crippen molar-refractivity contribution in [2.45, 2.75) is 15.8 Å². The van der Waals surface area contributed by atoms with Crippen LogP contribution in [-0.2, 0) is 15.8 Å². The van der Waals surface area contributed by atoms with E-state index >= 15 is 0 Å². The molecule has 30 heavy (non-hydrogen) atoms. The minimum atomic E-state index is -3.93. The van der Waals surface area contributed by atoms with E-state index in [1.807, 2.05) is 0 Å². The van der Waals surface area contributed by atoms with Gasteiger partial charge in [0.05, 0.1) is 20.9 Å². The molecule has 0 fully saturated rings. The number of nitrogens with zero attached hydrogens (tertiary/aromatic N) is 3. The number of rotatable bonds is 6. The Morgan fingerprint density at radius 2 is 1.77 bits per heavy atom. The molecule has 0 atom stereocenters. The van der Waals surface area contributed by atoms with Crippen LogP contribution in [-0.4, -0.2) is 22.3 Å². The zero-order valence-corrected chi connectivity index (χ0v) is 17.7. The number of non-ortho nitro benzene ring substituents is 1. The van der Waals surface area contributed by atoms with Crippen LogP contribution in [0.3, 0.4) is 0 Å². The predicted molar refractivity (Wildman–Crippen MR) is 116 cm³/mol. The number of nitro groups is 1. The number of nitro benzene ring substituents is 1. The lowest BCUT2D eigenvalue weighted by molar-refractivity contribution is -0.384. The number of thioether (sulfide) groups is 1. The van der Waals surface area contributed by atoms with Gasteiger partial charge in [0.2, 0.25) is 0 Å². The smallest absolute Gasteiger partial charge is 0.258 e. The number of para-hydroxylation sites is 2. The fraction of sp³-hybridized carbons (Fsp3) is 0.0500. The van der Waals surface area contributed by atoms with Crippen LogP contribution in [0.1, 0.15) is 5.56 Å². The second kappa shape index (κ2) is 8.10. The van der Waals surface area contributed by atoms with Gasteiger partial charge in [-0.05, 0) is 42.0 Å². The number of hydrogen-bond donors (Lipinski definition) is 0. The lowest BCUT2D eigenvalue weighted by Gasteiger charge is -2.10. The average molecular weight is 460 g/mol. The molecule has 3 aromatic carbocycles. The summed E-state index contributed by atoms with van der Waals surface area (Å²) in [5.41, 5.74) is 1.66. The summed E-state index contributed by atoms with van der Waals surface area (Å²) in [6.07, 6.45) is 0. The van der Waals surface area contributed by atoms with Crippen molar-refractivity contribution in [2.24, 2.45) is 0 Å². The maximum atomic E-state index is 13.4. The molecule has 0 amide bonds. The van der Waals surface area contributed by atoms with Crippen molar-refractivity contribution >= 4 is 50.1 Å². The van der Waals surface area contributed by atoms with Gasteiger partial charge < -0.3 is 0 Å². The molecule has 10 heteroatoms. The number of aromatic nitrogens is 2. The van der Waals surface area contributed by atoms with Crippen molar-refractivity contribution < 1.29 is 13.3 Å². The standard InChI is InChI=1S/C20H14ClN3O4S2/c21-15-8-10-17(11-9-15)30(27,28)23-19-7-2-1-6-18(19)22-20(23)29-13-14-4-3-5-16(12-14)24(25)26/h1-12H,13H2. The Balaban J connectivity index is 1.77. The van der Waals surface area contributed by atoms with Gasteiger partial charge in [-0.3, -0.25) is 10.1 Å². The van der Waals surface area contributed by atoms with Crippen LogP contribution in [0.4, 0.5) is 5.69 Å². The second-order valence-electron chi connectivity index (χ2n) is 6.32. The molecule has 0 bridgehead atoms. The molecular formula is C20H14ClN3O4S2. The van der Waals surface area contributed by atoms with Crippen molar-refractivity contribution in [3.05, 3.63) is 93.5 Å². The monoisotopic (exact) mass is 459 g/mol. The molecule has 0 saturated carbocycles. The Hall–Kier alpha value is -2.88. The summed E-state index contributed by atoms with van der Waals surface area (Å²) in [6.45, 7) is 0. The predicted octanol–water partition coefficient (Wildman–Crippen LogP) is 5.13. The Morgan fingerprint density at radius 1 is 1.03 bits per heavy atom. The van der Waals surface area contributed by atoms with E-state index in [0.717, 1.165) is 0 Å². The Bertz CT molecular complexity index is 1350. The number of imidazole rings is 1. The zero-order chi connectivity index (χ0) is 21.3. The van der Waals surface area contributed by atoms with Gasteiger partial charge in [0.15, 0.2) is 5.16 Å². The normalized spacial score (nSPS) is 11.6. The van der Waals surface area contributed by atoms with E-state index in [9.17, 15) is 18.5 Å². The summed E-state index contributed by atoms with van der Waals surface area (Å²) in [5.74, 6) is 0.321. The molecule has 0 radical (unpaired) electrons. The molecule has 7 nitrogen and oxygen atoms in total. The lowest BCUT2D eigenvalue weighted by Crippen LogP contribution is -2.14. The van der Waals surface area contributed by atoms with Crippen molar-refractivity contribution in [3.8, 4) is 0 Å². The third-order valence-electron chi connectivity index (χ3n) is 4.33. The number of benzene rings is 3. The van der Waals surface area contributed by atoms with Gasteiger partial charge in [-0.25, -0.2) is 17.4 Å². The van der Waals surface area contributed by atoms with E-state index in [1.165, 1.54) is 52.1 Å². The van der Waals surface area contributed by atoms with E-state index < -0.39 is 14.9 Å². The summed E-state index contributed by atoms with van der Waals surface area (Å²) in [6, 6.07) is 19.1. The molecule has 0 unspecified atom stereocenters. The Labute approximate surface area is 181 Å². The highest BCUT2D eigenvalue weighted by Gasteiger charge is 2.24. The molecule has 0 aliphatic heterocycles. The molecule has 1 aromatic heterocycles. The van der Waals surface area contributed by atoms with Gasteiger partial charge in [0.1, 0.15) is 0 Å². The highest BCUT2D eigenvalue weighted by molar-refractivity contribution is 7.99. The molecule has 152 valence electrons. The van der Waals surface area contributed by atoms with Crippen molar-refractivity contribution in [1.82, 2.24) is 8.96 Å². The maximum Gasteiger partial charge on any atom is 0.270 e. The van der Waals surface area contributed by atoms with Gasteiger partial charge >= 0.3 is 0 Å². The Kier molecular flexibility index (Phi) is 5.50. The first-order chi connectivity index (χ1) is 14.4. The number of fused-ring (bicyclic) bond motifs is 1. The van der Waals surface area contributed by atoms with E-state index in [1.54, 1.807) is 36.4 Å². The third-order valence-corrected chi connectivity index (χ3v) is 7.43. The third kappa shape index (κ3) is 3.91. The Morgan fingerprint density at radius 3 is 2.50 bits per heavy atom. The number of halogens is 1. The van der Waals surface area contributed by atoms with Crippen molar-refractivity contribution in [2.75, 3.05) is 0 Å². The molecule has 0 spiro atoms. The lowest BCUT2D eigenvalue weighted by atomic mass is 10.2. The SMILES string of the molecule is O=[N+]([O-])c1cccc(CSc2nc3ccccc3n2S(=O)(=O)c2ccc(Cl)cc2)c1. The molecule has 0 saturated heterocycles. The molecule has 4 aromatic rings. The van der Waals surface area contributed by atoms with Crippen LogP contribution in [0.2, 0.25) is 5.02 Å². The summed E-state index contributed by atoms with van der Waals surface area (Å²) in [5, 5.41) is 11.7. The minimum Gasteiger partial charge on any atom is -0.258 e. The van der Waals surface area contributed by atoms with E-state index in [4.69, 9.17) is 11.6 Å². The summed E-state index contributed by atoms with van der Waals surface area (Å²) < 4.78 is 27.9. The van der Waals surface area contributed by atoms with Crippen molar-refractivity contribution in [1.29, 1.82) is 0 Å². The quantitative estimate of drug-likeness (QED) is 0.225. The molecule has 0 aliphatic carbocycles. The van der Waals surface area contributed by atoms with Crippen LogP contribution >= 0.6 is 23.4 Å².